The van der Waals surface area contributed by atoms with Crippen LogP contribution in [0.5, 0.6) is 0 Å². The molecule has 2 N–H and O–H groups in total. The quantitative estimate of drug-likeness (QED) is 0.573. The Kier molecular flexibility index (Phi) is 1.45. The van der Waals surface area contributed by atoms with Crippen molar-refractivity contribution in [3.05, 3.63) is 0 Å². The second-order valence-electron chi connectivity index (χ2n) is 5.46. The highest BCUT2D eigenvalue weighted by Gasteiger charge is 2.62. The Morgan fingerprint density at radius 1 is 1.08 bits per heavy atom. The van der Waals surface area contributed by atoms with Crippen molar-refractivity contribution in [2.45, 2.75) is 45.8 Å². The predicted octanol–water partition coefficient (Wildman–Crippen LogP) is 1.16. The van der Waals surface area contributed by atoms with E-state index < -0.39 is 0 Å². The standard InChI is InChI=1S/C10H18O2/c1-9(2)6-4-10(3,8(9)12)5-7(6)11/h6-8,11-12H,4-5H2,1-3H3/t6-,7?,8-,10-/m1/s1. The molecule has 0 aromatic carbocycles. The van der Waals surface area contributed by atoms with E-state index >= 15 is 0 Å². The SMILES string of the molecule is CC1(C)[C@@H]2C[C@](C)(CC2O)[C@@H]1O. The van der Waals surface area contributed by atoms with Crippen molar-refractivity contribution < 1.29 is 10.2 Å². The summed E-state index contributed by atoms with van der Waals surface area (Å²) >= 11 is 0. The summed E-state index contributed by atoms with van der Waals surface area (Å²) in [6.07, 6.45) is 1.34. The van der Waals surface area contributed by atoms with Crippen LogP contribution in [0, 0.1) is 16.7 Å². The summed E-state index contributed by atoms with van der Waals surface area (Å²) in [6.45, 7) is 6.22. The van der Waals surface area contributed by atoms with E-state index in [4.69, 9.17) is 0 Å². The minimum absolute atomic E-state index is 0.0203. The van der Waals surface area contributed by atoms with Gasteiger partial charge in [-0.15, -0.1) is 0 Å². The van der Waals surface area contributed by atoms with E-state index in [0.717, 1.165) is 12.8 Å². The summed E-state index contributed by atoms with van der Waals surface area (Å²) in [7, 11) is 0. The molecule has 0 aromatic heterocycles. The van der Waals surface area contributed by atoms with Gasteiger partial charge in [-0.1, -0.05) is 20.8 Å². The maximum atomic E-state index is 10.0. The molecule has 2 heteroatoms. The number of aliphatic hydroxyl groups is 2. The van der Waals surface area contributed by atoms with Crippen molar-refractivity contribution in [3.8, 4) is 0 Å². The van der Waals surface area contributed by atoms with Gasteiger partial charge in [-0.2, -0.15) is 0 Å². The fraction of sp³-hybridized carbons (Fsp3) is 1.00. The van der Waals surface area contributed by atoms with Crippen molar-refractivity contribution in [1.29, 1.82) is 0 Å². The molecule has 2 bridgehead atoms. The Bertz CT molecular complexity index is 207. The molecule has 0 heterocycles. The number of rotatable bonds is 0. The van der Waals surface area contributed by atoms with E-state index in [1.165, 1.54) is 0 Å². The van der Waals surface area contributed by atoms with Crippen molar-refractivity contribution >= 4 is 0 Å². The molecule has 0 saturated heterocycles. The van der Waals surface area contributed by atoms with E-state index in [1.807, 2.05) is 0 Å². The van der Waals surface area contributed by atoms with Crippen LogP contribution in [0.2, 0.25) is 0 Å². The molecule has 0 radical (unpaired) electrons. The fourth-order valence-electron chi connectivity index (χ4n) is 3.42. The van der Waals surface area contributed by atoms with Gasteiger partial charge in [0.25, 0.3) is 0 Å². The Morgan fingerprint density at radius 2 is 1.67 bits per heavy atom. The lowest BCUT2D eigenvalue weighted by atomic mass is 9.69. The van der Waals surface area contributed by atoms with Crippen LogP contribution < -0.4 is 0 Å². The zero-order chi connectivity index (χ0) is 9.15. The van der Waals surface area contributed by atoms with Crippen LogP contribution >= 0.6 is 0 Å². The lowest BCUT2D eigenvalue weighted by molar-refractivity contribution is -0.0783. The van der Waals surface area contributed by atoms with Gasteiger partial charge in [-0.05, 0) is 29.6 Å². The van der Waals surface area contributed by atoms with Gasteiger partial charge in [-0.25, -0.2) is 0 Å². The van der Waals surface area contributed by atoms with Crippen LogP contribution in [0.1, 0.15) is 33.6 Å². The minimum Gasteiger partial charge on any atom is -0.393 e. The second-order valence-corrected chi connectivity index (χ2v) is 5.46. The number of fused-ring (bicyclic) bond motifs is 2. The van der Waals surface area contributed by atoms with Crippen molar-refractivity contribution in [3.63, 3.8) is 0 Å². The Morgan fingerprint density at radius 3 is 2.00 bits per heavy atom. The van der Waals surface area contributed by atoms with Gasteiger partial charge in [0.2, 0.25) is 0 Å². The van der Waals surface area contributed by atoms with Crippen LogP contribution in [-0.2, 0) is 0 Å². The van der Waals surface area contributed by atoms with Gasteiger partial charge in [-0.3, -0.25) is 0 Å². The minimum atomic E-state index is -0.238. The highest BCUT2D eigenvalue weighted by atomic mass is 16.3. The van der Waals surface area contributed by atoms with Gasteiger partial charge in [0.1, 0.15) is 0 Å². The lowest BCUT2D eigenvalue weighted by Crippen LogP contribution is -2.45. The van der Waals surface area contributed by atoms with Crippen LogP contribution in [0.25, 0.3) is 0 Å². The maximum absolute atomic E-state index is 10.0. The summed E-state index contributed by atoms with van der Waals surface area (Å²) in [5.41, 5.74) is -0.111. The topological polar surface area (TPSA) is 40.5 Å². The monoisotopic (exact) mass is 170 g/mol. The molecule has 4 atom stereocenters. The normalized spacial score (nSPS) is 56.2. The van der Waals surface area contributed by atoms with Gasteiger partial charge >= 0.3 is 0 Å². The van der Waals surface area contributed by atoms with E-state index in [-0.39, 0.29) is 23.0 Å². The summed E-state index contributed by atoms with van der Waals surface area (Å²) in [5.74, 6) is 0.303. The summed E-state index contributed by atoms with van der Waals surface area (Å²) in [5, 5.41) is 19.7. The van der Waals surface area contributed by atoms with Gasteiger partial charge in [0, 0.05) is 0 Å². The first-order valence-corrected chi connectivity index (χ1v) is 4.74. The predicted molar refractivity (Wildman–Crippen MR) is 46.6 cm³/mol. The molecule has 0 aromatic rings. The zero-order valence-electron chi connectivity index (χ0n) is 8.04. The molecular formula is C10H18O2. The van der Waals surface area contributed by atoms with E-state index in [0.29, 0.717) is 5.92 Å². The molecule has 2 rings (SSSR count). The molecule has 12 heavy (non-hydrogen) atoms. The maximum Gasteiger partial charge on any atom is 0.0649 e. The zero-order valence-corrected chi connectivity index (χ0v) is 8.04. The third-order valence-electron chi connectivity index (χ3n) is 4.15. The van der Waals surface area contributed by atoms with Gasteiger partial charge in [0.15, 0.2) is 0 Å². The van der Waals surface area contributed by atoms with Crippen LogP contribution in [0.15, 0.2) is 0 Å². The van der Waals surface area contributed by atoms with Crippen molar-refractivity contribution in [2.24, 2.45) is 16.7 Å². The lowest BCUT2D eigenvalue weighted by Gasteiger charge is -2.41. The first-order chi connectivity index (χ1) is 5.38. The molecule has 2 aliphatic carbocycles. The first kappa shape index (κ1) is 8.52. The van der Waals surface area contributed by atoms with E-state index in [1.54, 1.807) is 0 Å². The molecule has 2 nitrogen and oxygen atoms in total. The van der Waals surface area contributed by atoms with Gasteiger partial charge < -0.3 is 10.2 Å². The molecule has 70 valence electrons. The molecule has 1 unspecified atom stereocenters. The van der Waals surface area contributed by atoms with Crippen LogP contribution in [0.4, 0.5) is 0 Å². The van der Waals surface area contributed by atoms with Gasteiger partial charge in [0.05, 0.1) is 12.2 Å². The molecule has 0 aliphatic heterocycles. The Balaban J connectivity index is 2.36. The highest BCUT2D eigenvalue weighted by Crippen LogP contribution is 2.62. The van der Waals surface area contributed by atoms with Crippen LogP contribution in [-0.4, -0.2) is 22.4 Å². The highest BCUT2D eigenvalue weighted by molar-refractivity contribution is 5.12. The molecular weight excluding hydrogens is 152 g/mol. The fourth-order valence-corrected chi connectivity index (χ4v) is 3.42. The summed E-state index contributed by atoms with van der Waals surface area (Å²) in [6, 6.07) is 0. The Hall–Kier alpha value is -0.0800. The smallest absolute Gasteiger partial charge is 0.0649 e. The average molecular weight is 170 g/mol. The molecule has 0 amide bonds. The van der Waals surface area contributed by atoms with Crippen LogP contribution in [0.3, 0.4) is 0 Å². The largest absolute Gasteiger partial charge is 0.393 e. The molecule has 0 spiro atoms. The molecule has 2 fully saturated rings. The van der Waals surface area contributed by atoms with E-state index in [9.17, 15) is 10.2 Å². The summed E-state index contributed by atoms with van der Waals surface area (Å²) in [4.78, 5) is 0. The third kappa shape index (κ3) is 0.775. The second kappa shape index (κ2) is 2.05. The number of hydrogen-bond donors (Lipinski definition) is 2. The number of hydrogen-bond acceptors (Lipinski definition) is 2. The summed E-state index contributed by atoms with van der Waals surface area (Å²) < 4.78 is 0. The van der Waals surface area contributed by atoms with Crippen molar-refractivity contribution in [1.82, 2.24) is 0 Å². The average Bonchev–Trinajstić information content (AvgIpc) is 2.32. The first-order valence-electron chi connectivity index (χ1n) is 4.74. The van der Waals surface area contributed by atoms with Crippen molar-refractivity contribution in [2.75, 3.05) is 0 Å². The molecule has 2 aliphatic rings. The number of aliphatic hydroxyl groups excluding tert-OH is 2. The van der Waals surface area contributed by atoms with E-state index in [2.05, 4.69) is 20.8 Å². The third-order valence-corrected chi connectivity index (χ3v) is 4.15. The Labute approximate surface area is 73.6 Å². The molecule has 2 saturated carbocycles.